The molecular formula is C10H16N2O3. The Balaban J connectivity index is 4.14. The minimum Gasteiger partial charge on any atom is -0.492 e. The molecule has 1 atom stereocenters. The lowest BCUT2D eigenvalue weighted by molar-refractivity contribution is -0.130. The number of hydrogen-bond donors (Lipinski definition) is 2. The number of rotatable bonds is 7. The first kappa shape index (κ1) is 13.2. The first-order chi connectivity index (χ1) is 7.15. The molecule has 0 aliphatic rings. The fourth-order valence-electron chi connectivity index (χ4n) is 0.943. The Hall–Kier alpha value is -1.78. The maximum Gasteiger partial charge on any atom is 0.258 e. The maximum absolute atomic E-state index is 11.3. The summed E-state index contributed by atoms with van der Waals surface area (Å²) in [6.07, 6.45) is 3.11. The van der Waals surface area contributed by atoms with Crippen LogP contribution in [-0.2, 0) is 14.3 Å². The average Bonchev–Trinajstić information content (AvgIpc) is 2.24. The molecule has 84 valence electrons. The fraction of sp³-hybridized carbons (Fsp3) is 0.400. The van der Waals surface area contributed by atoms with E-state index < -0.39 is 6.04 Å². The minimum atomic E-state index is -0.603. The molecule has 0 aliphatic heterocycles. The highest BCUT2D eigenvalue weighted by atomic mass is 16.5. The Kier molecular flexibility index (Phi) is 6.70. The highest BCUT2D eigenvalue weighted by molar-refractivity contribution is 5.87. The van der Waals surface area contributed by atoms with Crippen molar-refractivity contribution < 1.29 is 14.3 Å². The van der Waals surface area contributed by atoms with Crippen LogP contribution in [0.2, 0.25) is 0 Å². The molecule has 0 aromatic rings. The predicted molar refractivity (Wildman–Crippen MR) is 57.0 cm³/mol. The Labute approximate surface area is 89.2 Å². The van der Waals surface area contributed by atoms with Crippen molar-refractivity contribution in [1.82, 2.24) is 10.6 Å². The van der Waals surface area contributed by atoms with E-state index in [4.69, 9.17) is 0 Å². The summed E-state index contributed by atoms with van der Waals surface area (Å²) in [4.78, 5) is 22.5. The van der Waals surface area contributed by atoms with E-state index in [2.05, 4.69) is 28.5 Å². The molecule has 15 heavy (non-hydrogen) atoms. The maximum atomic E-state index is 11.3. The van der Waals surface area contributed by atoms with E-state index in [-0.39, 0.29) is 18.4 Å². The standard InChI is InChI=1S/C10H16N2O3/c1-4-6-8(10(14)11-3)12-9(13)7-15-5-2/h4-5,8H,1-2,6-7H2,3H3,(H,11,14)(H,12,13)/t8-/m0/s1. The normalized spacial score (nSPS) is 11.0. The summed E-state index contributed by atoms with van der Waals surface area (Å²) in [7, 11) is 1.50. The van der Waals surface area contributed by atoms with Crippen molar-refractivity contribution in [2.45, 2.75) is 12.5 Å². The summed E-state index contributed by atoms with van der Waals surface area (Å²) in [5.74, 6) is -0.632. The molecule has 0 unspecified atom stereocenters. The number of amides is 2. The zero-order valence-corrected chi connectivity index (χ0v) is 8.79. The molecule has 0 bridgehead atoms. The summed E-state index contributed by atoms with van der Waals surface area (Å²) in [5, 5.41) is 4.96. The second kappa shape index (κ2) is 7.61. The van der Waals surface area contributed by atoms with Crippen LogP contribution in [0.3, 0.4) is 0 Å². The van der Waals surface area contributed by atoms with Crippen LogP contribution >= 0.6 is 0 Å². The monoisotopic (exact) mass is 212 g/mol. The molecule has 2 N–H and O–H groups in total. The van der Waals surface area contributed by atoms with E-state index in [0.29, 0.717) is 6.42 Å². The van der Waals surface area contributed by atoms with E-state index in [9.17, 15) is 9.59 Å². The van der Waals surface area contributed by atoms with Crippen LogP contribution < -0.4 is 10.6 Å². The molecule has 0 saturated heterocycles. The van der Waals surface area contributed by atoms with Gasteiger partial charge in [-0.25, -0.2) is 0 Å². The largest absolute Gasteiger partial charge is 0.492 e. The van der Waals surface area contributed by atoms with Gasteiger partial charge in [0.1, 0.15) is 6.04 Å². The molecule has 0 aromatic carbocycles. The number of nitrogens with one attached hydrogen (secondary N) is 2. The Morgan fingerprint density at radius 3 is 2.60 bits per heavy atom. The lowest BCUT2D eigenvalue weighted by atomic mass is 10.2. The summed E-state index contributed by atoms with van der Waals surface area (Å²) >= 11 is 0. The third-order valence-electron chi connectivity index (χ3n) is 1.63. The molecule has 2 amide bonds. The van der Waals surface area contributed by atoms with Gasteiger partial charge in [-0.3, -0.25) is 9.59 Å². The van der Waals surface area contributed by atoms with Crippen molar-refractivity contribution in [1.29, 1.82) is 0 Å². The van der Waals surface area contributed by atoms with Gasteiger partial charge in [0.2, 0.25) is 5.91 Å². The van der Waals surface area contributed by atoms with Crippen LogP contribution in [0.1, 0.15) is 6.42 Å². The lowest BCUT2D eigenvalue weighted by Crippen LogP contribution is -2.46. The van der Waals surface area contributed by atoms with Gasteiger partial charge >= 0.3 is 0 Å². The van der Waals surface area contributed by atoms with Crippen LogP contribution in [-0.4, -0.2) is 31.5 Å². The molecular weight excluding hydrogens is 196 g/mol. The average molecular weight is 212 g/mol. The molecule has 0 saturated carbocycles. The second-order valence-electron chi connectivity index (χ2n) is 2.74. The minimum absolute atomic E-state index is 0.145. The van der Waals surface area contributed by atoms with Gasteiger partial charge in [0.25, 0.3) is 5.91 Å². The molecule has 0 aromatic heterocycles. The van der Waals surface area contributed by atoms with Crippen LogP contribution in [0.25, 0.3) is 0 Å². The topological polar surface area (TPSA) is 67.4 Å². The molecule has 0 aliphatic carbocycles. The Bertz CT molecular complexity index is 251. The molecule has 0 fully saturated rings. The molecule has 5 nitrogen and oxygen atoms in total. The molecule has 5 heteroatoms. The van der Waals surface area contributed by atoms with Crippen molar-refractivity contribution >= 4 is 11.8 Å². The van der Waals surface area contributed by atoms with Crippen LogP contribution in [0.15, 0.2) is 25.5 Å². The van der Waals surface area contributed by atoms with E-state index >= 15 is 0 Å². The van der Waals surface area contributed by atoms with Crippen molar-refractivity contribution in [3.63, 3.8) is 0 Å². The van der Waals surface area contributed by atoms with Crippen molar-refractivity contribution in [2.24, 2.45) is 0 Å². The number of likely N-dealkylation sites (N-methyl/N-ethyl adjacent to an activating group) is 1. The number of carbonyl (C=O) groups is 2. The third kappa shape index (κ3) is 5.51. The van der Waals surface area contributed by atoms with E-state index in [1.54, 1.807) is 6.08 Å². The smallest absolute Gasteiger partial charge is 0.258 e. The van der Waals surface area contributed by atoms with Gasteiger partial charge in [0, 0.05) is 7.05 Å². The SMILES string of the molecule is C=CC[C@H](NC(=O)COC=C)C(=O)NC. The molecule has 0 spiro atoms. The van der Waals surface area contributed by atoms with E-state index in [1.165, 1.54) is 13.3 Å². The Morgan fingerprint density at radius 1 is 1.47 bits per heavy atom. The number of hydrogen-bond acceptors (Lipinski definition) is 3. The number of ether oxygens (including phenoxy) is 1. The van der Waals surface area contributed by atoms with Gasteiger partial charge < -0.3 is 15.4 Å². The first-order valence-electron chi connectivity index (χ1n) is 4.50. The molecule has 0 rings (SSSR count). The Morgan fingerprint density at radius 2 is 2.13 bits per heavy atom. The zero-order chi connectivity index (χ0) is 11.7. The van der Waals surface area contributed by atoms with Crippen LogP contribution in [0.4, 0.5) is 0 Å². The fourth-order valence-corrected chi connectivity index (χ4v) is 0.943. The van der Waals surface area contributed by atoms with Gasteiger partial charge in [-0.05, 0) is 6.42 Å². The van der Waals surface area contributed by atoms with Crippen molar-refractivity contribution in [3.05, 3.63) is 25.5 Å². The third-order valence-corrected chi connectivity index (χ3v) is 1.63. The summed E-state index contributed by atoms with van der Waals surface area (Å²) in [5.41, 5.74) is 0. The quantitative estimate of drug-likeness (QED) is 0.459. The zero-order valence-electron chi connectivity index (χ0n) is 8.79. The lowest BCUT2D eigenvalue weighted by Gasteiger charge is -2.15. The van der Waals surface area contributed by atoms with Gasteiger partial charge in [0.05, 0.1) is 6.26 Å². The molecule has 0 radical (unpaired) electrons. The van der Waals surface area contributed by atoms with Crippen LogP contribution in [0, 0.1) is 0 Å². The van der Waals surface area contributed by atoms with Gasteiger partial charge in [-0.1, -0.05) is 12.7 Å². The predicted octanol–water partition coefficient (Wildman–Crippen LogP) is -0.0466. The second-order valence-corrected chi connectivity index (χ2v) is 2.74. The number of carbonyl (C=O) groups excluding carboxylic acids is 2. The van der Waals surface area contributed by atoms with Gasteiger partial charge in [-0.2, -0.15) is 0 Å². The van der Waals surface area contributed by atoms with Crippen molar-refractivity contribution in [3.8, 4) is 0 Å². The van der Waals surface area contributed by atoms with Gasteiger partial charge in [0.15, 0.2) is 6.61 Å². The van der Waals surface area contributed by atoms with Crippen molar-refractivity contribution in [2.75, 3.05) is 13.7 Å². The molecule has 0 heterocycles. The van der Waals surface area contributed by atoms with E-state index in [0.717, 1.165) is 0 Å². The first-order valence-corrected chi connectivity index (χ1v) is 4.50. The highest BCUT2D eigenvalue weighted by Gasteiger charge is 2.17. The summed E-state index contributed by atoms with van der Waals surface area (Å²) < 4.78 is 4.68. The van der Waals surface area contributed by atoms with E-state index in [1.807, 2.05) is 0 Å². The highest BCUT2D eigenvalue weighted by Crippen LogP contribution is 1.93. The van der Waals surface area contributed by atoms with Crippen LogP contribution in [0.5, 0.6) is 0 Å². The van der Waals surface area contributed by atoms with Gasteiger partial charge in [-0.15, -0.1) is 6.58 Å². The summed E-state index contributed by atoms with van der Waals surface area (Å²) in [6.45, 7) is 6.66. The summed E-state index contributed by atoms with van der Waals surface area (Å²) in [6, 6.07) is -0.603.